The first-order valence-electron chi connectivity index (χ1n) is 8.38. The second-order valence-electron chi connectivity index (χ2n) is 6.80. The molecule has 6 nitrogen and oxygen atoms in total. The Bertz CT molecular complexity index is 587. The number of quaternary nitrogens is 1. The van der Waals surface area contributed by atoms with Gasteiger partial charge in [-0.25, -0.2) is 4.98 Å². The second kappa shape index (κ2) is 6.55. The molecule has 0 unspecified atom stereocenters. The first-order chi connectivity index (χ1) is 11.1. The minimum atomic E-state index is -0.683. The van der Waals surface area contributed by atoms with E-state index in [0.29, 0.717) is 12.5 Å². The Hall–Kier alpha value is -2.13. The molecule has 0 aromatic carbocycles. The van der Waals surface area contributed by atoms with Crippen LogP contribution in [-0.4, -0.2) is 44.2 Å². The Balaban J connectivity index is 1.47. The number of nitrogens with one attached hydrogen (secondary N) is 3. The summed E-state index contributed by atoms with van der Waals surface area (Å²) in [5.41, 5.74) is -0.683. The molecule has 2 fully saturated rings. The van der Waals surface area contributed by atoms with Crippen LogP contribution in [0.3, 0.4) is 0 Å². The molecule has 3 rings (SSSR count). The van der Waals surface area contributed by atoms with E-state index in [1.807, 2.05) is 25.3 Å². The maximum atomic E-state index is 12.3. The third-order valence-electron chi connectivity index (χ3n) is 4.94. The number of nitriles is 1. The van der Waals surface area contributed by atoms with Crippen molar-refractivity contribution in [1.82, 2.24) is 5.32 Å². The van der Waals surface area contributed by atoms with E-state index in [-0.39, 0.29) is 5.91 Å². The molecule has 1 saturated carbocycles. The summed E-state index contributed by atoms with van der Waals surface area (Å²) in [4.78, 5) is 19.1. The van der Waals surface area contributed by atoms with E-state index in [0.717, 1.165) is 44.8 Å². The summed E-state index contributed by atoms with van der Waals surface area (Å²) in [7, 11) is 0. The largest absolute Gasteiger partial charge is 0.333 e. The molecule has 23 heavy (non-hydrogen) atoms. The lowest BCUT2D eigenvalue weighted by Crippen LogP contribution is -3.16. The molecule has 122 valence electrons. The van der Waals surface area contributed by atoms with Crippen molar-refractivity contribution in [1.29, 1.82) is 5.26 Å². The van der Waals surface area contributed by atoms with Crippen LogP contribution in [0.15, 0.2) is 24.4 Å². The van der Waals surface area contributed by atoms with Crippen LogP contribution in [-0.2, 0) is 4.79 Å². The van der Waals surface area contributed by atoms with Crippen molar-refractivity contribution in [2.24, 2.45) is 5.92 Å². The molecule has 2 heterocycles. The fourth-order valence-corrected chi connectivity index (χ4v) is 3.26. The van der Waals surface area contributed by atoms with Gasteiger partial charge in [-0.15, -0.1) is 0 Å². The molecule has 1 aromatic rings. The van der Waals surface area contributed by atoms with Gasteiger partial charge >= 0.3 is 0 Å². The van der Waals surface area contributed by atoms with Crippen LogP contribution in [0.4, 0.5) is 5.82 Å². The summed E-state index contributed by atoms with van der Waals surface area (Å²) < 4.78 is 0. The molecule has 1 amide bonds. The Kier molecular flexibility index (Phi) is 4.49. The van der Waals surface area contributed by atoms with Gasteiger partial charge in [-0.1, -0.05) is 6.07 Å². The summed E-state index contributed by atoms with van der Waals surface area (Å²) in [6, 6.07) is 8.36. The molecule has 0 spiro atoms. The topological polar surface area (TPSA) is 74.7 Å². The molecule has 1 aliphatic carbocycles. The van der Waals surface area contributed by atoms with E-state index in [4.69, 9.17) is 0 Å². The highest BCUT2D eigenvalue weighted by molar-refractivity contribution is 5.78. The number of rotatable bonds is 5. The number of nitrogens with zero attached hydrogens (tertiary/aromatic N) is 2. The maximum Gasteiger partial charge on any atom is 0.276 e. The second-order valence-corrected chi connectivity index (χ2v) is 6.80. The smallest absolute Gasteiger partial charge is 0.276 e. The van der Waals surface area contributed by atoms with Crippen molar-refractivity contribution < 1.29 is 14.7 Å². The number of H-pyrrole nitrogens is 1. The van der Waals surface area contributed by atoms with E-state index in [9.17, 15) is 10.1 Å². The molecule has 3 N–H and O–H groups in total. The van der Waals surface area contributed by atoms with Crippen molar-refractivity contribution >= 4 is 11.7 Å². The molecule has 1 atom stereocenters. The van der Waals surface area contributed by atoms with Crippen LogP contribution >= 0.6 is 0 Å². The van der Waals surface area contributed by atoms with E-state index in [1.165, 1.54) is 4.90 Å². The van der Waals surface area contributed by atoms with E-state index in [2.05, 4.69) is 27.3 Å². The zero-order valence-corrected chi connectivity index (χ0v) is 13.6. The molecule has 2 aliphatic rings. The molecule has 1 aromatic heterocycles. The number of anilines is 1. The van der Waals surface area contributed by atoms with E-state index < -0.39 is 5.54 Å². The van der Waals surface area contributed by atoms with Gasteiger partial charge in [0.05, 0.1) is 12.3 Å². The van der Waals surface area contributed by atoms with Crippen LogP contribution in [0.1, 0.15) is 19.8 Å². The molecular formula is C17H25N5O+2. The summed E-state index contributed by atoms with van der Waals surface area (Å²) >= 11 is 0. The number of amides is 1. The standard InChI is InChI=1S/C17H23N5O/c1-17(13-18,14-5-6-14)20-16(23)12-21-8-10-22(11-9-21)15-4-2-3-7-19-15/h2-4,7,14H,5-6,8-12H2,1H3,(H,20,23)/p+2/t17-/m1/s1. The summed E-state index contributed by atoms with van der Waals surface area (Å²) in [5, 5.41) is 12.3. The monoisotopic (exact) mass is 315 g/mol. The number of aromatic nitrogens is 1. The number of pyridine rings is 1. The molecule has 0 radical (unpaired) electrons. The number of carbonyl (C=O) groups is 1. The molecule has 1 saturated heterocycles. The van der Waals surface area contributed by atoms with Gasteiger partial charge in [0.15, 0.2) is 6.54 Å². The van der Waals surface area contributed by atoms with Crippen LogP contribution in [0, 0.1) is 17.2 Å². The van der Waals surface area contributed by atoms with Crippen LogP contribution < -0.4 is 20.1 Å². The van der Waals surface area contributed by atoms with Gasteiger partial charge in [0.25, 0.3) is 11.7 Å². The first kappa shape index (κ1) is 15.8. The van der Waals surface area contributed by atoms with Gasteiger partial charge in [0, 0.05) is 6.07 Å². The fourth-order valence-electron chi connectivity index (χ4n) is 3.26. The SMILES string of the molecule is C[C@](C#N)(NC(=O)C[NH+]1CCN(c2cccc[nH+]2)CC1)C1CC1. The molecular weight excluding hydrogens is 290 g/mol. The normalized spacial score (nSPS) is 21.3. The predicted molar refractivity (Wildman–Crippen MR) is 85.7 cm³/mol. The maximum absolute atomic E-state index is 12.3. The predicted octanol–water partition coefficient (Wildman–Crippen LogP) is -0.986. The van der Waals surface area contributed by atoms with Gasteiger partial charge in [-0.05, 0) is 31.7 Å². The summed E-state index contributed by atoms with van der Waals surface area (Å²) in [6.45, 7) is 6.03. The number of aromatic amines is 1. The Morgan fingerprint density at radius 3 is 2.78 bits per heavy atom. The van der Waals surface area contributed by atoms with Crippen molar-refractivity contribution in [3.63, 3.8) is 0 Å². The Labute approximate surface area is 137 Å². The van der Waals surface area contributed by atoms with Crippen molar-refractivity contribution in [2.75, 3.05) is 37.6 Å². The third kappa shape index (κ3) is 3.80. The lowest BCUT2D eigenvalue weighted by Gasteiger charge is -2.29. The number of hydrogen-bond acceptors (Lipinski definition) is 3. The summed E-state index contributed by atoms with van der Waals surface area (Å²) in [5.74, 6) is 1.45. The van der Waals surface area contributed by atoms with E-state index in [1.54, 1.807) is 0 Å². The van der Waals surface area contributed by atoms with Gasteiger partial charge in [-0.2, -0.15) is 5.26 Å². The molecule has 1 aliphatic heterocycles. The van der Waals surface area contributed by atoms with Crippen LogP contribution in [0.5, 0.6) is 0 Å². The average Bonchev–Trinajstić information content (AvgIpc) is 3.41. The van der Waals surface area contributed by atoms with Gasteiger partial charge in [-0.3, -0.25) is 9.69 Å². The lowest BCUT2D eigenvalue weighted by molar-refractivity contribution is -0.892. The zero-order chi connectivity index (χ0) is 16.3. The number of carbonyl (C=O) groups excluding carboxylic acids is 1. The van der Waals surface area contributed by atoms with Gasteiger partial charge in [0.2, 0.25) is 0 Å². The van der Waals surface area contributed by atoms with E-state index >= 15 is 0 Å². The minimum absolute atomic E-state index is 0.00401. The Morgan fingerprint density at radius 1 is 1.48 bits per heavy atom. The molecule has 0 bridgehead atoms. The highest BCUT2D eigenvalue weighted by atomic mass is 16.2. The van der Waals surface area contributed by atoms with Crippen LogP contribution in [0.25, 0.3) is 0 Å². The van der Waals surface area contributed by atoms with Crippen molar-refractivity contribution in [3.05, 3.63) is 24.4 Å². The third-order valence-corrected chi connectivity index (χ3v) is 4.94. The van der Waals surface area contributed by atoms with Crippen molar-refractivity contribution in [3.8, 4) is 6.07 Å². The van der Waals surface area contributed by atoms with Crippen molar-refractivity contribution in [2.45, 2.75) is 25.3 Å². The Morgan fingerprint density at radius 2 is 2.22 bits per heavy atom. The van der Waals surface area contributed by atoms with Gasteiger partial charge < -0.3 is 10.2 Å². The number of piperazine rings is 1. The summed E-state index contributed by atoms with van der Waals surface area (Å²) in [6.07, 6.45) is 4.02. The highest BCUT2D eigenvalue weighted by Crippen LogP contribution is 2.39. The number of hydrogen-bond donors (Lipinski definition) is 2. The zero-order valence-electron chi connectivity index (χ0n) is 13.6. The minimum Gasteiger partial charge on any atom is -0.333 e. The van der Waals surface area contributed by atoms with Crippen LogP contribution in [0.2, 0.25) is 0 Å². The highest BCUT2D eigenvalue weighted by Gasteiger charge is 2.43. The first-order valence-corrected chi connectivity index (χ1v) is 8.38. The lowest BCUT2D eigenvalue weighted by atomic mass is 9.98. The fraction of sp³-hybridized carbons (Fsp3) is 0.588. The quantitative estimate of drug-likeness (QED) is 0.733. The van der Waals surface area contributed by atoms with Gasteiger partial charge in [0.1, 0.15) is 31.7 Å². The average molecular weight is 315 g/mol. The molecule has 6 heteroatoms.